The highest BCUT2D eigenvalue weighted by Crippen LogP contribution is 2.17. The van der Waals surface area contributed by atoms with E-state index in [4.69, 9.17) is 16.7 Å². The molecule has 0 amide bonds. The maximum Gasteiger partial charge on any atom is 0.335 e. The van der Waals surface area contributed by atoms with Crippen molar-refractivity contribution in [2.45, 2.75) is 6.54 Å². The Morgan fingerprint density at radius 2 is 1.78 bits per heavy atom. The maximum atomic E-state index is 10.7. The van der Waals surface area contributed by atoms with Crippen molar-refractivity contribution in [1.82, 2.24) is 0 Å². The number of carboxylic acids is 1. The summed E-state index contributed by atoms with van der Waals surface area (Å²) in [6, 6.07) is 14.2. The smallest absolute Gasteiger partial charge is 0.335 e. The highest BCUT2D eigenvalue weighted by Gasteiger charge is 2.02. The average molecular weight is 262 g/mol. The average Bonchev–Trinajstić information content (AvgIpc) is 2.38. The molecule has 0 fully saturated rings. The summed E-state index contributed by atoms with van der Waals surface area (Å²) in [5, 5.41) is 12.7. The number of rotatable bonds is 4. The third-order valence-corrected chi connectivity index (χ3v) is 2.94. The number of hydrogen-bond donors (Lipinski definition) is 2. The van der Waals surface area contributed by atoms with Crippen LogP contribution in [-0.4, -0.2) is 11.1 Å². The molecule has 0 aliphatic heterocycles. The van der Waals surface area contributed by atoms with Gasteiger partial charge in [0.15, 0.2) is 0 Å². The molecule has 0 bridgehead atoms. The van der Waals surface area contributed by atoms with Crippen LogP contribution in [0.25, 0.3) is 0 Å². The fourth-order valence-corrected chi connectivity index (χ4v) is 1.77. The fourth-order valence-electron chi connectivity index (χ4n) is 1.57. The van der Waals surface area contributed by atoms with E-state index in [2.05, 4.69) is 5.32 Å². The Kier molecular flexibility index (Phi) is 3.85. The van der Waals surface area contributed by atoms with E-state index in [0.717, 1.165) is 11.3 Å². The predicted molar refractivity (Wildman–Crippen MR) is 72.2 cm³/mol. The normalized spacial score (nSPS) is 10.1. The van der Waals surface area contributed by atoms with Crippen LogP contribution in [0, 0.1) is 0 Å². The molecule has 0 aromatic heterocycles. The third kappa shape index (κ3) is 3.02. The molecule has 18 heavy (non-hydrogen) atoms. The van der Waals surface area contributed by atoms with Gasteiger partial charge in [-0.05, 0) is 35.9 Å². The molecule has 0 saturated heterocycles. The van der Waals surface area contributed by atoms with Crippen molar-refractivity contribution >= 4 is 23.3 Å². The molecule has 4 heteroatoms. The van der Waals surface area contributed by atoms with Gasteiger partial charge in [-0.15, -0.1) is 0 Å². The Morgan fingerprint density at radius 3 is 2.39 bits per heavy atom. The zero-order chi connectivity index (χ0) is 13.0. The minimum atomic E-state index is -0.923. The lowest BCUT2D eigenvalue weighted by Crippen LogP contribution is -2.01. The number of aromatic carboxylic acids is 1. The summed E-state index contributed by atoms with van der Waals surface area (Å²) in [7, 11) is 0. The van der Waals surface area contributed by atoms with Gasteiger partial charge in [-0.25, -0.2) is 4.79 Å². The minimum absolute atomic E-state index is 0.276. The van der Waals surface area contributed by atoms with Crippen molar-refractivity contribution in [3.63, 3.8) is 0 Å². The van der Waals surface area contributed by atoms with Gasteiger partial charge in [0.05, 0.1) is 5.56 Å². The summed E-state index contributed by atoms with van der Waals surface area (Å²) in [4.78, 5) is 10.7. The lowest BCUT2D eigenvalue weighted by atomic mass is 10.2. The van der Waals surface area contributed by atoms with E-state index in [1.54, 1.807) is 24.3 Å². The molecule has 3 nitrogen and oxygen atoms in total. The summed E-state index contributed by atoms with van der Waals surface area (Å²) in [5.74, 6) is -0.923. The number of benzene rings is 2. The number of hydrogen-bond acceptors (Lipinski definition) is 2. The van der Waals surface area contributed by atoms with Crippen LogP contribution in [0.2, 0.25) is 5.02 Å². The molecule has 2 N–H and O–H groups in total. The highest BCUT2D eigenvalue weighted by molar-refractivity contribution is 6.31. The number of nitrogens with one attached hydrogen (secondary N) is 1. The monoisotopic (exact) mass is 261 g/mol. The van der Waals surface area contributed by atoms with E-state index in [1.807, 2.05) is 24.3 Å². The largest absolute Gasteiger partial charge is 0.478 e. The molecule has 0 atom stereocenters. The van der Waals surface area contributed by atoms with Crippen molar-refractivity contribution in [1.29, 1.82) is 0 Å². The van der Waals surface area contributed by atoms with Gasteiger partial charge in [-0.2, -0.15) is 0 Å². The first kappa shape index (κ1) is 12.5. The van der Waals surface area contributed by atoms with Gasteiger partial charge in [0.2, 0.25) is 0 Å². The van der Waals surface area contributed by atoms with Gasteiger partial charge in [0, 0.05) is 17.3 Å². The van der Waals surface area contributed by atoms with Gasteiger partial charge >= 0.3 is 5.97 Å². The second-order valence-corrected chi connectivity index (χ2v) is 4.23. The van der Waals surface area contributed by atoms with Crippen molar-refractivity contribution in [3.05, 3.63) is 64.7 Å². The predicted octanol–water partition coefficient (Wildman–Crippen LogP) is 3.65. The second-order valence-electron chi connectivity index (χ2n) is 3.83. The Hall–Kier alpha value is -2.00. The first-order valence-corrected chi connectivity index (χ1v) is 5.85. The van der Waals surface area contributed by atoms with Crippen LogP contribution in [0.15, 0.2) is 48.5 Å². The fraction of sp³-hybridized carbons (Fsp3) is 0.0714. The summed E-state index contributed by atoms with van der Waals surface area (Å²) in [6.45, 7) is 0.603. The van der Waals surface area contributed by atoms with Gasteiger partial charge < -0.3 is 10.4 Å². The zero-order valence-corrected chi connectivity index (χ0v) is 10.3. The lowest BCUT2D eigenvalue weighted by molar-refractivity contribution is 0.0697. The molecule has 0 spiro atoms. The molecule has 2 rings (SSSR count). The van der Waals surface area contributed by atoms with Crippen molar-refractivity contribution in [2.75, 3.05) is 5.32 Å². The topological polar surface area (TPSA) is 49.3 Å². The van der Waals surface area contributed by atoms with Gasteiger partial charge in [-0.3, -0.25) is 0 Å². The van der Waals surface area contributed by atoms with Crippen LogP contribution in [0.5, 0.6) is 0 Å². The minimum Gasteiger partial charge on any atom is -0.478 e. The molecular formula is C14H12ClNO2. The van der Waals surface area contributed by atoms with Crippen LogP contribution in [0.3, 0.4) is 0 Å². The van der Waals surface area contributed by atoms with E-state index < -0.39 is 5.97 Å². The zero-order valence-electron chi connectivity index (χ0n) is 9.56. The first-order valence-electron chi connectivity index (χ1n) is 5.47. The SMILES string of the molecule is O=C(O)c1ccc(NCc2ccccc2Cl)cc1. The third-order valence-electron chi connectivity index (χ3n) is 2.57. The van der Waals surface area contributed by atoms with Crippen LogP contribution < -0.4 is 5.32 Å². The second kappa shape index (κ2) is 5.56. The van der Waals surface area contributed by atoms with Crippen LogP contribution in [0.4, 0.5) is 5.69 Å². The Morgan fingerprint density at radius 1 is 1.11 bits per heavy atom. The molecule has 92 valence electrons. The molecule has 0 aliphatic rings. The molecular weight excluding hydrogens is 250 g/mol. The highest BCUT2D eigenvalue weighted by atomic mass is 35.5. The van der Waals surface area contributed by atoms with E-state index in [0.29, 0.717) is 11.6 Å². The summed E-state index contributed by atoms with van der Waals surface area (Å²) in [6.07, 6.45) is 0. The standard InChI is InChI=1S/C14H12ClNO2/c15-13-4-2-1-3-11(13)9-16-12-7-5-10(6-8-12)14(17)18/h1-8,16H,9H2,(H,17,18). The molecule has 0 aliphatic carbocycles. The summed E-state index contributed by atoms with van der Waals surface area (Å²) in [5.41, 5.74) is 2.14. The van der Waals surface area contributed by atoms with Crippen molar-refractivity contribution in [2.24, 2.45) is 0 Å². The lowest BCUT2D eigenvalue weighted by Gasteiger charge is -2.08. The van der Waals surface area contributed by atoms with E-state index in [1.165, 1.54) is 0 Å². The van der Waals surface area contributed by atoms with Crippen LogP contribution in [-0.2, 0) is 6.54 Å². The van der Waals surface area contributed by atoms with Gasteiger partial charge in [0.1, 0.15) is 0 Å². The number of carbonyl (C=O) groups is 1. The Balaban J connectivity index is 2.02. The molecule has 0 heterocycles. The Bertz CT molecular complexity index is 552. The van der Waals surface area contributed by atoms with E-state index >= 15 is 0 Å². The molecule has 0 unspecified atom stereocenters. The number of halogens is 1. The van der Waals surface area contributed by atoms with Crippen molar-refractivity contribution in [3.8, 4) is 0 Å². The molecule has 0 saturated carbocycles. The first-order chi connectivity index (χ1) is 8.66. The quantitative estimate of drug-likeness (QED) is 0.883. The van der Waals surface area contributed by atoms with Gasteiger partial charge in [-0.1, -0.05) is 29.8 Å². The summed E-state index contributed by atoms with van der Waals surface area (Å²) < 4.78 is 0. The molecule has 2 aromatic rings. The Labute approximate surface area is 110 Å². The number of carboxylic acid groups (broad SMARTS) is 1. The van der Waals surface area contributed by atoms with Gasteiger partial charge in [0.25, 0.3) is 0 Å². The van der Waals surface area contributed by atoms with E-state index in [-0.39, 0.29) is 5.56 Å². The van der Waals surface area contributed by atoms with Crippen LogP contribution in [0.1, 0.15) is 15.9 Å². The van der Waals surface area contributed by atoms with E-state index in [9.17, 15) is 4.79 Å². The number of anilines is 1. The maximum absolute atomic E-state index is 10.7. The van der Waals surface area contributed by atoms with Crippen LogP contribution >= 0.6 is 11.6 Å². The molecule has 2 aromatic carbocycles. The molecule has 0 radical (unpaired) electrons. The van der Waals surface area contributed by atoms with Crippen molar-refractivity contribution < 1.29 is 9.90 Å². The summed E-state index contributed by atoms with van der Waals surface area (Å²) >= 11 is 6.04.